The third-order valence-corrected chi connectivity index (χ3v) is 10.6. The molecule has 210 valence electrons. The number of imide groups is 1. The molecule has 2 bridgehead atoms. The monoisotopic (exact) mass is 659 g/mol. The van der Waals surface area contributed by atoms with Gasteiger partial charge >= 0.3 is 5.97 Å². The standard InChI is InChI=1S/C34H24BrCl2NO4/c35-22-16-14-21(15-17-22)19-42-32(41)27(18-20-8-2-1-3-9-20)38-30(39)28-29(31(38)40)34(37)24-11-5-4-10-23(24)33(28,36)25-12-6-7-13-26(25)34/h1-17,27-29H,18-19H2/t27-,28+,29+,33?,34?/m0/s1. The summed E-state index contributed by atoms with van der Waals surface area (Å²) in [5, 5.41) is 0. The fourth-order valence-electron chi connectivity index (χ4n) is 6.94. The predicted octanol–water partition coefficient (Wildman–Crippen LogP) is 6.70. The Morgan fingerprint density at radius 3 is 1.64 bits per heavy atom. The Kier molecular flexibility index (Phi) is 6.57. The first kappa shape index (κ1) is 27.4. The van der Waals surface area contributed by atoms with Crippen molar-refractivity contribution in [1.29, 1.82) is 0 Å². The van der Waals surface area contributed by atoms with Gasteiger partial charge in [0.15, 0.2) is 0 Å². The summed E-state index contributed by atoms with van der Waals surface area (Å²) < 4.78 is 6.64. The quantitative estimate of drug-likeness (QED) is 0.131. The first-order valence-corrected chi connectivity index (χ1v) is 15.2. The first-order chi connectivity index (χ1) is 20.3. The van der Waals surface area contributed by atoms with Crippen LogP contribution in [-0.2, 0) is 41.9 Å². The van der Waals surface area contributed by atoms with E-state index in [0.29, 0.717) is 22.3 Å². The van der Waals surface area contributed by atoms with Gasteiger partial charge in [-0.2, -0.15) is 0 Å². The Morgan fingerprint density at radius 2 is 1.17 bits per heavy atom. The van der Waals surface area contributed by atoms with Crippen molar-refractivity contribution in [2.45, 2.75) is 28.8 Å². The lowest BCUT2D eigenvalue weighted by molar-refractivity contribution is -0.159. The fraction of sp³-hybridized carbons (Fsp3) is 0.206. The number of esters is 1. The van der Waals surface area contributed by atoms with Gasteiger partial charge in [-0.25, -0.2) is 4.79 Å². The van der Waals surface area contributed by atoms with Crippen LogP contribution >= 0.6 is 39.1 Å². The SMILES string of the molecule is O=C(OCc1ccc(Br)cc1)[C@H](Cc1ccccc1)N1C(=O)[C@H]2[C@H](C1=O)C1(Cl)c3ccccc3C2(Cl)c2ccccc21. The molecule has 1 aliphatic heterocycles. The molecule has 8 heteroatoms. The fourth-order valence-corrected chi connectivity index (χ4v) is 8.31. The highest BCUT2D eigenvalue weighted by molar-refractivity contribution is 9.10. The van der Waals surface area contributed by atoms with Gasteiger partial charge in [0.05, 0.1) is 11.8 Å². The Hall–Kier alpha value is -3.45. The van der Waals surface area contributed by atoms with Gasteiger partial charge in [0.2, 0.25) is 11.8 Å². The van der Waals surface area contributed by atoms with Gasteiger partial charge in [-0.1, -0.05) is 107 Å². The minimum Gasteiger partial charge on any atom is -0.459 e. The Labute approximate surface area is 261 Å². The van der Waals surface area contributed by atoms with Crippen LogP contribution in [0.2, 0.25) is 0 Å². The van der Waals surface area contributed by atoms with Crippen LogP contribution in [0.3, 0.4) is 0 Å². The van der Waals surface area contributed by atoms with E-state index < -0.39 is 45.4 Å². The number of hydrogen-bond acceptors (Lipinski definition) is 4. The van der Waals surface area contributed by atoms with Crippen molar-refractivity contribution in [2.24, 2.45) is 11.8 Å². The normalized spacial score (nSPS) is 25.9. The number of carbonyl (C=O) groups is 3. The minimum absolute atomic E-state index is 0.00372. The highest BCUT2D eigenvalue weighted by Gasteiger charge is 2.73. The summed E-state index contributed by atoms with van der Waals surface area (Å²) in [6.07, 6.45) is 0.0986. The summed E-state index contributed by atoms with van der Waals surface area (Å²) in [6, 6.07) is 30.4. The van der Waals surface area contributed by atoms with Gasteiger partial charge in [-0.15, -0.1) is 23.2 Å². The summed E-state index contributed by atoms with van der Waals surface area (Å²) in [5.41, 5.74) is 4.41. The minimum atomic E-state index is -1.32. The van der Waals surface area contributed by atoms with Gasteiger partial charge in [0, 0.05) is 10.9 Å². The van der Waals surface area contributed by atoms with Crippen molar-refractivity contribution >= 4 is 56.9 Å². The van der Waals surface area contributed by atoms with Gasteiger partial charge in [-0.05, 0) is 45.5 Å². The topological polar surface area (TPSA) is 63.7 Å². The van der Waals surface area contributed by atoms with Gasteiger partial charge < -0.3 is 4.74 Å². The number of likely N-dealkylation sites (tertiary alicyclic amines) is 1. The van der Waals surface area contributed by atoms with Crippen LogP contribution < -0.4 is 0 Å². The van der Waals surface area contributed by atoms with Crippen molar-refractivity contribution in [3.63, 3.8) is 0 Å². The molecule has 0 unspecified atom stereocenters. The summed E-state index contributed by atoms with van der Waals surface area (Å²) in [5.74, 6) is -3.69. The molecule has 3 aliphatic carbocycles. The molecule has 0 saturated carbocycles. The second kappa shape index (κ2) is 10.1. The molecule has 1 saturated heterocycles. The van der Waals surface area contributed by atoms with Crippen molar-refractivity contribution in [1.82, 2.24) is 4.90 Å². The van der Waals surface area contributed by atoms with E-state index in [4.69, 9.17) is 27.9 Å². The molecular weight excluding hydrogens is 637 g/mol. The van der Waals surface area contributed by atoms with E-state index in [1.165, 1.54) is 0 Å². The zero-order chi connectivity index (χ0) is 29.2. The molecule has 1 heterocycles. The molecule has 4 aliphatic rings. The molecule has 0 N–H and O–H groups in total. The van der Waals surface area contributed by atoms with Crippen LogP contribution in [-0.4, -0.2) is 28.7 Å². The average Bonchev–Trinajstić information content (AvgIpc) is 3.29. The Morgan fingerprint density at radius 1 is 0.714 bits per heavy atom. The first-order valence-electron chi connectivity index (χ1n) is 13.7. The van der Waals surface area contributed by atoms with Crippen LogP contribution in [0, 0.1) is 11.8 Å². The van der Waals surface area contributed by atoms with E-state index in [9.17, 15) is 14.4 Å². The highest BCUT2D eigenvalue weighted by atomic mass is 79.9. The lowest BCUT2D eigenvalue weighted by Crippen LogP contribution is -2.57. The Balaban J connectivity index is 1.32. The lowest BCUT2D eigenvalue weighted by atomic mass is 9.54. The van der Waals surface area contributed by atoms with Crippen LogP contribution in [0.25, 0.3) is 0 Å². The summed E-state index contributed by atoms with van der Waals surface area (Å²) in [6.45, 7) is -0.00372. The molecule has 1 fully saturated rings. The molecule has 3 atom stereocenters. The summed E-state index contributed by atoms with van der Waals surface area (Å²) >= 11 is 18.5. The third-order valence-electron chi connectivity index (χ3n) is 8.77. The van der Waals surface area contributed by atoms with Gasteiger partial charge in [0.1, 0.15) is 22.4 Å². The second-order valence-electron chi connectivity index (χ2n) is 11.0. The maximum Gasteiger partial charge on any atom is 0.330 e. The molecule has 2 amide bonds. The van der Waals surface area contributed by atoms with E-state index in [2.05, 4.69) is 15.9 Å². The van der Waals surface area contributed by atoms with E-state index in [-0.39, 0.29) is 13.0 Å². The van der Waals surface area contributed by atoms with Gasteiger partial charge in [0.25, 0.3) is 0 Å². The predicted molar refractivity (Wildman–Crippen MR) is 163 cm³/mol. The number of ether oxygens (including phenoxy) is 1. The van der Waals surface area contributed by atoms with Gasteiger partial charge in [-0.3, -0.25) is 14.5 Å². The van der Waals surface area contributed by atoms with E-state index in [1.807, 2.05) is 103 Å². The van der Waals surface area contributed by atoms with Crippen LogP contribution in [0.4, 0.5) is 0 Å². The number of amides is 2. The number of alkyl halides is 2. The highest BCUT2D eigenvalue weighted by Crippen LogP contribution is 2.69. The molecule has 5 nitrogen and oxygen atoms in total. The molecule has 4 aromatic carbocycles. The van der Waals surface area contributed by atoms with Crippen molar-refractivity contribution < 1.29 is 19.1 Å². The van der Waals surface area contributed by atoms with E-state index >= 15 is 0 Å². The van der Waals surface area contributed by atoms with E-state index in [0.717, 1.165) is 20.5 Å². The number of halogens is 3. The zero-order valence-electron chi connectivity index (χ0n) is 22.2. The zero-order valence-corrected chi connectivity index (χ0v) is 25.3. The van der Waals surface area contributed by atoms with Crippen LogP contribution in [0.5, 0.6) is 0 Å². The Bertz CT molecular complexity index is 1620. The molecule has 0 spiro atoms. The second-order valence-corrected chi connectivity index (χ2v) is 13.1. The molecule has 4 aromatic rings. The number of hydrogen-bond donors (Lipinski definition) is 0. The largest absolute Gasteiger partial charge is 0.459 e. The summed E-state index contributed by atoms with van der Waals surface area (Å²) in [7, 11) is 0. The molecule has 8 rings (SSSR count). The molecule has 0 aromatic heterocycles. The molecule has 0 radical (unpaired) electrons. The lowest BCUT2D eigenvalue weighted by Gasteiger charge is -2.54. The number of benzene rings is 4. The van der Waals surface area contributed by atoms with Crippen molar-refractivity contribution in [3.05, 3.63) is 141 Å². The molecule has 42 heavy (non-hydrogen) atoms. The summed E-state index contributed by atoms with van der Waals surface area (Å²) in [4.78, 5) is 41.2. The van der Waals surface area contributed by atoms with Crippen LogP contribution in [0.15, 0.2) is 108 Å². The van der Waals surface area contributed by atoms with Crippen molar-refractivity contribution in [2.75, 3.05) is 0 Å². The number of nitrogens with zero attached hydrogens (tertiary/aromatic N) is 1. The molecular formula is C34H24BrCl2NO4. The number of carbonyl (C=O) groups excluding carboxylic acids is 3. The maximum atomic E-state index is 14.5. The maximum absolute atomic E-state index is 14.5. The smallest absolute Gasteiger partial charge is 0.330 e. The third kappa shape index (κ3) is 3.85. The van der Waals surface area contributed by atoms with E-state index in [1.54, 1.807) is 0 Å². The van der Waals surface area contributed by atoms with Crippen molar-refractivity contribution in [3.8, 4) is 0 Å². The number of rotatable bonds is 6. The van der Waals surface area contributed by atoms with Crippen LogP contribution in [0.1, 0.15) is 33.4 Å². The average molecular weight is 661 g/mol.